The van der Waals surface area contributed by atoms with Crippen molar-refractivity contribution in [3.05, 3.63) is 103 Å². The maximum Gasteiger partial charge on any atom is 0.338 e. The van der Waals surface area contributed by atoms with Crippen molar-refractivity contribution in [2.45, 2.75) is 19.9 Å². The smallest absolute Gasteiger partial charge is 0.338 e. The van der Waals surface area contributed by atoms with Crippen molar-refractivity contribution in [2.24, 2.45) is 4.99 Å². The molecule has 0 aliphatic carbocycles. The zero-order valence-corrected chi connectivity index (χ0v) is 21.8. The van der Waals surface area contributed by atoms with E-state index in [1.807, 2.05) is 66.7 Å². The number of nitrogens with zero attached hydrogens (tertiary/aromatic N) is 2. The van der Waals surface area contributed by atoms with Crippen LogP contribution in [0.15, 0.2) is 81.7 Å². The van der Waals surface area contributed by atoms with E-state index in [1.54, 1.807) is 32.6 Å². The summed E-state index contributed by atoms with van der Waals surface area (Å²) < 4.78 is 18.7. The molecule has 1 atom stereocenters. The van der Waals surface area contributed by atoms with Gasteiger partial charge in [0.05, 0.1) is 36.6 Å². The lowest BCUT2D eigenvalue weighted by molar-refractivity contribution is -0.139. The van der Waals surface area contributed by atoms with Crippen molar-refractivity contribution in [1.82, 2.24) is 4.57 Å². The van der Waals surface area contributed by atoms with E-state index in [0.717, 1.165) is 16.3 Å². The molecule has 8 heteroatoms. The Labute approximate surface area is 217 Å². The van der Waals surface area contributed by atoms with Gasteiger partial charge in [0.25, 0.3) is 5.56 Å². The third-order valence-electron chi connectivity index (χ3n) is 6.38. The normalized spacial score (nSPS) is 15.4. The predicted molar refractivity (Wildman–Crippen MR) is 144 cm³/mol. The molecule has 0 radical (unpaired) electrons. The summed E-state index contributed by atoms with van der Waals surface area (Å²) in [5.41, 5.74) is 2.04. The highest BCUT2D eigenvalue weighted by atomic mass is 32.1. The zero-order valence-electron chi connectivity index (χ0n) is 21.0. The molecule has 0 unspecified atom stereocenters. The van der Waals surface area contributed by atoms with Crippen LogP contribution in [0.2, 0.25) is 0 Å². The molecule has 0 spiro atoms. The fourth-order valence-electron chi connectivity index (χ4n) is 4.71. The van der Waals surface area contributed by atoms with E-state index < -0.39 is 12.0 Å². The number of carbonyl (C=O) groups excluding carboxylic acids is 1. The van der Waals surface area contributed by atoms with Crippen molar-refractivity contribution in [3.8, 4) is 11.5 Å². The van der Waals surface area contributed by atoms with Crippen LogP contribution in [0, 0.1) is 0 Å². The van der Waals surface area contributed by atoms with Gasteiger partial charge >= 0.3 is 5.97 Å². The fourth-order valence-corrected chi connectivity index (χ4v) is 5.74. The molecule has 0 N–H and O–H groups in total. The number of ether oxygens (including phenoxy) is 3. The van der Waals surface area contributed by atoms with Crippen molar-refractivity contribution in [3.63, 3.8) is 0 Å². The number of hydrogen-bond acceptors (Lipinski definition) is 7. The second kappa shape index (κ2) is 10.1. The second-order valence-electron chi connectivity index (χ2n) is 8.45. The first-order chi connectivity index (χ1) is 18.0. The maximum atomic E-state index is 14.0. The van der Waals surface area contributed by atoms with Crippen LogP contribution < -0.4 is 24.4 Å². The number of benzene rings is 3. The summed E-state index contributed by atoms with van der Waals surface area (Å²) in [5, 5.41) is 2.01. The average molecular weight is 515 g/mol. The molecule has 0 fully saturated rings. The first kappa shape index (κ1) is 24.5. The van der Waals surface area contributed by atoms with Crippen LogP contribution in [0.5, 0.6) is 11.5 Å². The van der Waals surface area contributed by atoms with Crippen LogP contribution in [-0.4, -0.2) is 31.4 Å². The molecule has 1 aliphatic rings. The topological polar surface area (TPSA) is 79.1 Å². The van der Waals surface area contributed by atoms with Crippen LogP contribution in [0.4, 0.5) is 0 Å². The molecule has 1 aromatic heterocycles. The van der Waals surface area contributed by atoms with E-state index in [2.05, 4.69) is 4.99 Å². The Hall–Kier alpha value is -4.17. The number of esters is 1. The van der Waals surface area contributed by atoms with E-state index in [9.17, 15) is 9.59 Å². The van der Waals surface area contributed by atoms with Crippen LogP contribution in [0.1, 0.15) is 31.0 Å². The number of allylic oxidation sites excluding steroid dienone is 1. The largest absolute Gasteiger partial charge is 0.496 e. The van der Waals surface area contributed by atoms with Crippen molar-refractivity contribution in [1.29, 1.82) is 0 Å². The third kappa shape index (κ3) is 4.23. The van der Waals surface area contributed by atoms with Gasteiger partial charge in [0.2, 0.25) is 0 Å². The lowest BCUT2D eigenvalue weighted by Gasteiger charge is -2.25. The molecule has 0 amide bonds. The highest BCUT2D eigenvalue weighted by Gasteiger charge is 2.35. The number of para-hydroxylation sites is 1. The summed E-state index contributed by atoms with van der Waals surface area (Å²) in [7, 11) is 3.18. The van der Waals surface area contributed by atoms with Gasteiger partial charge in [-0.3, -0.25) is 9.36 Å². The minimum Gasteiger partial charge on any atom is -0.496 e. The van der Waals surface area contributed by atoms with E-state index in [4.69, 9.17) is 14.2 Å². The van der Waals surface area contributed by atoms with E-state index >= 15 is 0 Å². The number of methoxy groups -OCH3 is 2. The predicted octanol–water partition coefficient (Wildman–Crippen LogP) is 3.97. The Morgan fingerprint density at radius 2 is 1.76 bits per heavy atom. The van der Waals surface area contributed by atoms with Crippen molar-refractivity contribution >= 4 is 34.2 Å². The molecule has 2 heterocycles. The highest BCUT2D eigenvalue weighted by Crippen LogP contribution is 2.35. The monoisotopic (exact) mass is 514 g/mol. The summed E-state index contributed by atoms with van der Waals surface area (Å²) in [6.45, 7) is 3.72. The number of rotatable bonds is 6. The van der Waals surface area contributed by atoms with Gasteiger partial charge in [-0.1, -0.05) is 59.9 Å². The molecule has 188 valence electrons. The van der Waals surface area contributed by atoms with Crippen LogP contribution >= 0.6 is 11.3 Å². The first-order valence-corrected chi connectivity index (χ1v) is 12.7. The van der Waals surface area contributed by atoms with Gasteiger partial charge in [0, 0.05) is 11.1 Å². The summed E-state index contributed by atoms with van der Waals surface area (Å²) in [6.07, 6.45) is 1.84. The molecule has 1 aliphatic heterocycles. The number of aromatic nitrogens is 1. The van der Waals surface area contributed by atoms with Crippen LogP contribution in [-0.2, 0) is 9.53 Å². The Bertz CT molecular complexity index is 1730. The second-order valence-corrected chi connectivity index (χ2v) is 9.46. The lowest BCUT2D eigenvalue weighted by atomic mass is 9.95. The zero-order chi connectivity index (χ0) is 26.1. The summed E-state index contributed by atoms with van der Waals surface area (Å²) in [6, 6.07) is 18.4. The summed E-state index contributed by atoms with van der Waals surface area (Å²) in [4.78, 5) is 32.3. The molecule has 4 aromatic rings. The molecular formula is C29H26N2O5S. The average Bonchev–Trinajstić information content (AvgIpc) is 3.22. The van der Waals surface area contributed by atoms with Crippen LogP contribution in [0.25, 0.3) is 16.8 Å². The van der Waals surface area contributed by atoms with Crippen LogP contribution in [0.3, 0.4) is 0 Å². The molecule has 0 saturated carbocycles. The minimum absolute atomic E-state index is 0.208. The fraction of sp³-hybridized carbons (Fsp3) is 0.207. The van der Waals surface area contributed by atoms with Crippen molar-refractivity contribution < 1.29 is 19.0 Å². The minimum atomic E-state index is -0.747. The molecule has 5 rings (SSSR count). The molecule has 7 nitrogen and oxygen atoms in total. The van der Waals surface area contributed by atoms with Gasteiger partial charge in [-0.05, 0) is 42.8 Å². The Kier molecular flexibility index (Phi) is 6.67. The van der Waals surface area contributed by atoms with Gasteiger partial charge < -0.3 is 14.2 Å². The Morgan fingerprint density at radius 3 is 2.51 bits per heavy atom. The lowest BCUT2D eigenvalue weighted by Crippen LogP contribution is -2.40. The van der Waals surface area contributed by atoms with E-state index in [-0.39, 0.29) is 12.2 Å². The van der Waals surface area contributed by atoms with Crippen molar-refractivity contribution in [2.75, 3.05) is 20.8 Å². The molecule has 37 heavy (non-hydrogen) atoms. The standard InChI is InChI=1S/C29H26N2O5S/c1-5-36-28(33)25-17(2)30-29-31(26(25)20-12-8-9-13-22(20)34-3)27(32)24(37-29)16-21-19-11-7-6-10-18(19)14-15-23(21)35-4/h6-16,26H,5H2,1-4H3/b24-16-/t26-/m1/s1. The molecule has 0 bridgehead atoms. The number of thiazole rings is 1. The number of fused-ring (bicyclic) bond motifs is 2. The van der Waals surface area contributed by atoms with Gasteiger partial charge in [-0.25, -0.2) is 9.79 Å². The highest BCUT2D eigenvalue weighted by molar-refractivity contribution is 7.07. The van der Waals surface area contributed by atoms with Gasteiger partial charge in [-0.15, -0.1) is 0 Å². The summed E-state index contributed by atoms with van der Waals surface area (Å²) in [5.74, 6) is 0.716. The third-order valence-corrected chi connectivity index (χ3v) is 7.36. The number of carbonyl (C=O) groups is 1. The first-order valence-electron chi connectivity index (χ1n) is 11.9. The van der Waals surface area contributed by atoms with Gasteiger partial charge in [-0.2, -0.15) is 0 Å². The molecule has 3 aromatic carbocycles. The Balaban J connectivity index is 1.81. The van der Waals surface area contributed by atoms with E-state index in [0.29, 0.717) is 37.7 Å². The van der Waals surface area contributed by atoms with Gasteiger partial charge in [0.1, 0.15) is 17.5 Å². The van der Waals surface area contributed by atoms with E-state index in [1.165, 1.54) is 11.3 Å². The molecular weight excluding hydrogens is 488 g/mol. The SMILES string of the molecule is CCOC(=O)C1=C(C)N=c2s/c(=C\c3c(OC)ccc4ccccc34)c(=O)n2[C@@H]1c1ccccc1OC. The summed E-state index contributed by atoms with van der Waals surface area (Å²) >= 11 is 1.27. The maximum absolute atomic E-state index is 14.0. The molecule has 0 saturated heterocycles. The number of hydrogen-bond donors (Lipinski definition) is 0. The quantitative estimate of drug-likeness (QED) is 0.364. The van der Waals surface area contributed by atoms with Gasteiger partial charge in [0.15, 0.2) is 4.80 Å². The Morgan fingerprint density at radius 1 is 1.03 bits per heavy atom.